The molecule has 1 N–H and O–H groups in total. The van der Waals surface area contributed by atoms with Crippen molar-refractivity contribution in [2.24, 2.45) is 0 Å². The van der Waals surface area contributed by atoms with Crippen LogP contribution in [0.25, 0.3) is 0 Å². The van der Waals surface area contributed by atoms with E-state index in [9.17, 15) is 0 Å². The van der Waals surface area contributed by atoms with Crippen molar-refractivity contribution in [1.82, 2.24) is 10.3 Å². The molecule has 102 valence electrons. The zero-order valence-electron chi connectivity index (χ0n) is 11.3. The molecule has 2 heterocycles. The molecule has 4 heteroatoms. The molecule has 0 aliphatic rings. The van der Waals surface area contributed by atoms with E-state index in [0.29, 0.717) is 5.02 Å². The molecule has 0 saturated carbocycles. The quantitative estimate of drug-likeness (QED) is 0.870. The number of aryl methyl sites for hydroxylation is 1. The van der Waals surface area contributed by atoms with E-state index in [4.69, 9.17) is 16.0 Å². The van der Waals surface area contributed by atoms with Gasteiger partial charge in [0.25, 0.3) is 0 Å². The van der Waals surface area contributed by atoms with E-state index < -0.39 is 0 Å². The molecular formula is C15H19ClN2O. The first-order valence-corrected chi connectivity index (χ1v) is 6.96. The molecule has 19 heavy (non-hydrogen) atoms. The average molecular weight is 279 g/mol. The van der Waals surface area contributed by atoms with Crippen molar-refractivity contribution >= 4 is 11.6 Å². The van der Waals surface area contributed by atoms with Gasteiger partial charge in [-0.1, -0.05) is 18.5 Å². The van der Waals surface area contributed by atoms with Crippen LogP contribution in [0.2, 0.25) is 5.02 Å². The van der Waals surface area contributed by atoms with Crippen molar-refractivity contribution in [2.45, 2.75) is 32.7 Å². The molecule has 1 unspecified atom stereocenters. The molecule has 2 rings (SSSR count). The summed E-state index contributed by atoms with van der Waals surface area (Å²) in [4.78, 5) is 4.02. The number of furan rings is 1. The van der Waals surface area contributed by atoms with Gasteiger partial charge in [-0.15, -0.1) is 0 Å². The highest BCUT2D eigenvalue weighted by Crippen LogP contribution is 2.25. The minimum atomic E-state index is 0.221. The van der Waals surface area contributed by atoms with Crippen LogP contribution in [0.3, 0.4) is 0 Å². The Bertz CT molecular complexity index is 524. The summed E-state index contributed by atoms with van der Waals surface area (Å²) in [6.07, 6.45) is 7.13. The second kappa shape index (κ2) is 6.73. The van der Waals surface area contributed by atoms with Crippen molar-refractivity contribution in [3.8, 4) is 0 Å². The van der Waals surface area contributed by atoms with Gasteiger partial charge >= 0.3 is 0 Å². The number of aromatic nitrogens is 1. The third kappa shape index (κ3) is 3.58. The normalized spacial score (nSPS) is 12.6. The summed E-state index contributed by atoms with van der Waals surface area (Å²) < 4.78 is 5.41. The van der Waals surface area contributed by atoms with Crippen LogP contribution in [0.5, 0.6) is 0 Å². The first kappa shape index (κ1) is 14.1. The number of hydrogen-bond donors (Lipinski definition) is 1. The van der Waals surface area contributed by atoms with Gasteiger partial charge in [-0.3, -0.25) is 4.98 Å². The number of nitrogens with zero attached hydrogens (tertiary/aromatic N) is 1. The van der Waals surface area contributed by atoms with Gasteiger partial charge in [-0.05, 0) is 44.0 Å². The highest BCUT2D eigenvalue weighted by molar-refractivity contribution is 6.31. The molecule has 0 saturated heterocycles. The van der Waals surface area contributed by atoms with Crippen LogP contribution >= 0.6 is 11.6 Å². The van der Waals surface area contributed by atoms with Gasteiger partial charge in [0.1, 0.15) is 5.76 Å². The molecule has 0 amide bonds. The summed E-state index contributed by atoms with van der Waals surface area (Å²) in [6.45, 7) is 5.12. The standard InChI is InChI=1S/C15H19ClN2O/c1-3-6-18-15(13-5-8-19-11(13)2)9-12-4-7-17-10-14(12)16/h4-5,7-8,10,15,18H,3,6,9H2,1-2H3. The lowest BCUT2D eigenvalue weighted by Crippen LogP contribution is -2.24. The first-order valence-electron chi connectivity index (χ1n) is 6.58. The molecule has 0 bridgehead atoms. The second-order valence-electron chi connectivity index (χ2n) is 4.61. The van der Waals surface area contributed by atoms with Crippen molar-refractivity contribution in [1.29, 1.82) is 0 Å². The summed E-state index contributed by atoms with van der Waals surface area (Å²) >= 11 is 6.19. The number of pyridine rings is 1. The molecule has 0 aromatic carbocycles. The van der Waals surface area contributed by atoms with Gasteiger partial charge in [0, 0.05) is 24.0 Å². The fourth-order valence-corrected chi connectivity index (χ4v) is 2.35. The Balaban J connectivity index is 2.19. The number of hydrogen-bond acceptors (Lipinski definition) is 3. The molecule has 0 fully saturated rings. The molecule has 0 aliphatic heterocycles. The van der Waals surface area contributed by atoms with Crippen molar-refractivity contribution in [2.75, 3.05) is 6.54 Å². The van der Waals surface area contributed by atoms with Crippen LogP contribution in [0.15, 0.2) is 35.2 Å². The third-order valence-electron chi connectivity index (χ3n) is 3.20. The maximum Gasteiger partial charge on any atom is 0.105 e. The highest BCUT2D eigenvalue weighted by Gasteiger charge is 2.17. The fourth-order valence-electron chi connectivity index (χ4n) is 2.16. The van der Waals surface area contributed by atoms with Crippen LogP contribution in [0.1, 0.15) is 36.3 Å². The van der Waals surface area contributed by atoms with Gasteiger partial charge in [-0.25, -0.2) is 0 Å². The Morgan fingerprint density at radius 2 is 2.26 bits per heavy atom. The summed E-state index contributed by atoms with van der Waals surface area (Å²) in [7, 11) is 0. The molecule has 1 atom stereocenters. The minimum Gasteiger partial charge on any atom is -0.469 e. The molecule has 3 nitrogen and oxygen atoms in total. The smallest absolute Gasteiger partial charge is 0.105 e. The van der Waals surface area contributed by atoms with Gasteiger partial charge in [0.2, 0.25) is 0 Å². The maximum atomic E-state index is 6.19. The first-order chi connectivity index (χ1) is 9.22. The fraction of sp³-hybridized carbons (Fsp3) is 0.400. The van der Waals surface area contributed by atoms with Crippen molar-refractivity contribution in [3.05, 3.63) is 52.7 Å². The zero-order valence-corrected chi connectivity index (χ0v) is 12.1. The van der Waals surface area contributed by atoms with Crippen LogP contribution in [0.4, 0.5) is 0 Å². The Morgan fingerprint density at radius 3 is 2.89 bits per heavy atom. The van der Waals surface area contributed by atoms with E-state index >= 15 is 0 Å². The molecule has 2 aromatic heterocycles. The summed E-state index contributed by atoms with van der Waals surface area (Å²) in [6, 6.07) is 4.22. The van der Waals surface area contributed by atoms with Gasteiger partial charge < -0.3 is 9.73 Å². The predicted octanol–water partition coefficient (Wildman–Crippen LogP) is 3.92. The molecule has 0 aliphatic carbocycles. The minimum absolute atomic E-state index is 0.221. The predicted molar refractivity (Wildman–Crippen MR) is 77.4 cm³/mol. The SMILES string of the molecule is CCCNC(Cc1ccncc1Cl)c1ccoc1C. The number of halogens is 1. The lowest BCUT2D eigenvalue weighted by molar-refractivity contribution is 0.494. The average Bonchev–Trinajstić information content (AvgIpc) is 2.83. The van der Waals surface area contributed by atoms with E-state index in [1.165, 1.54) is 5.56 Å². The second-order valence-corrected chi connectivity index (χ2v) is 5.02. The van der Waals surface area contributed by atoms with Crippen LogP contribution in [-0.4, -0.2) is 11.5 Å². The Labute approximate surface area is 119 Å². The summed E-state index contributed by atoms with van der Waals surface area (Å²) in [5.74, 6) is 0.957. The summed E-state index contributed by atoms with van der Waals surface area (Å²) in [5.41, 5.74) is 2.30. The Morgan fingerprint density at radius 1 is 1.42 bits per heavy atom. The van der Waals surface area contributed by atoms with Gasteiger partial charge in [-0.2, -0.15) is 0 Å². The van der Waals surface area contributed by atoms with E-state index in [1.54, 1.807) is 18.7 Å². The topological polar surface area (TPSA) is 38.1 Å². The van der Waals surface area contributed by atoms with Crippen molar-refractivity contribution < 1.29 is 4.42 Å². The number of rotatable bonds is 6. The number of nitrogens with one attached hydrogen (secondary N) is 1. The largest absolute Gasteiger partial charge is 0.469 e. The van der Waals surface area contributed by atoms with E-state index in [1.807, 2.05) is 19.1 Å². The summed E-state index contributed by atoms with van der Waals surface area (Å²) in [5, 5.41) is 4.26. The van der Waals surface area contributed by atoms with E-state index in [-0.39, 0.29) is 6.04 Å². The molecule has 0 spiro atoms. The van der Waals surface area contributed by atoms with E-state index in [2.05, 4.69) is 17.2 Å². The molecule has 0 radical (unpaired) electrons. The molecular weight excluding hydrogens is 260 g/mol. The highest BCUT2D eigenvalue weighted by atomic mass is 35.5. The lowest BCUT2D eigenvalue weighted by Gasteiger charge is -2.18. The van der Waals surface area contributed by atoms with Gasteiger partial charge in [0.15, 0.2) is 0 Å². The van der Waals surface area contributed by atoms with Crippen LogP contribution < -0.4 is 5.32 Å². The van der Waals surface area contributed by atoms with Gasteiger partial charge in [0.05, 0.1) is 11.3 Å². The lowest BCUT2D eigenvalue weighted by atomic mass is 10.00. The zero-order chi connectivity index (χ0) is 13.7. The Kier molecular flexibility index (Phi) is 5.00. The Hall–Kier alpha value is -1.32. The maximum absolute atomic E-state index is 6.19. The molecule has 2 aromatic rings. The van der Waals surface area contributed by atoms with Crippen LogP contribution in [0, 0.1) is 6.92 Å². The monoisotopic (exact) mass is 278 g/mol. The third-order valence-corrected chi connectivity index (χ3v) is 3.54. The van der Waals surface area contributed by atoms with E-state index in [0.717, 1.165) is 30.7 Å². The van der Waals surface area contributed by atoms with Crippen molar-refractivity contribution in [3.63, 3.8) is 0 Å². The van der Waals surface area contributed by atoms with Crippen LogP contribution in [-0.2, 0) is 6.42 Å².